The standard InChI is InChI=1S/C17H13F3N2O2/c1-11-5-2-3-8-14(11)23-10-15-21-16(22-24-15)12-6-4-7-13(9-12)17(18,19)20/h2-9H,10H2,1H3. The number of hydrogen-bond donors (Lipinski definition) is 0. The Morgan fingerprint density at radius 2 is 1.88 bits per heavy atom. The van der Waals surface area contributed by atoms with Crippen molar-refractivity contribution < 1.29 is 22.4 Å². The van der Waals surface area contributed by atoms with Crippen molar-refractivity contribution in [1.82, 2.24) is 10.1 Å². The van der Waals surface area contributed by atoms with Crippen molar-refractivity contribution in [3.63, 3.8) is 0 Å². The number of rotatable bonds is 4. The maximum Gasteiger partial charge on any atom is 0.416 e. The second kappa shape index (κ2) is 6.35. The van der Waals surface area contributed by atoms with Gasteiger partial charge in [0.15, 0.2) is 6.61 Å². The topological polar surface area (TPSA) is 48.2 Å². The van der Waals surface area contributed by atoms with Crippen LogP contribution in [0.3, 0.4) is 0 Å². The number of benzene rings is 2. The van der Waals surface area contributed by atoms with E-state index in [1.54, 1.807) is 6.07 Å². The Morgan fingerprint density at radius 3 is 2.62 bits per heavy atom. The zero-order valence-corrected chi connectivity index (χ0v) is 12.7. The Hall–Kier alpha value is -2.83. The van der Waals surface area contributed by atoms with E-state index in [9.17, 15) is 13.2 Å². The molecule has 0 N–H and O–H groups in total. The zero-order chi connectivity index (χ0) is 17.2. The Morgan fingerprint density at radius 1 is 1.08 bits per heavy atom. The van der Waals surface area contributed by atoms with Gasteiger partial charge in [-0.2, -0.15) is 18.2 Å². The molecule has 1 heterocycles. The average Bonchev–Trinajstić information content (AvgIpc) is 3.02. The minimum atomic E-state index is -4.42. The Kier molecular flexibility index (Phi) is 4.24. The molecule has 0 aliphatic rings. The van der Waals surface area contributed by atoms with E-state index in [2.05, 4.69) is 10.1 Å². The van der Waals surface area contributed by atoms with Crippen LogP contribution in [-0.2, 0) is 12.8 Å². The highest BCUT2D eigenvalue weighted by atomic mass is 19.4. The number of nitrogens with zero attached hydrogens (tertiary/aromatic N) is 2. The second-order valence-corrected chi connectivity index (χ2v) is 5.14. The zero-order valence-electron chi connectivity index (χ0n) is 12.7. The lowest BCUT2D eigenvalue weighted by Crippen LogP contribution is -2.04. The first-order valence-corrected chi connectivity index (χ1v) is 7.12. The van der Waals surface area contributed by atoms with Gasteiger partial charge in [-0.25, -0.2) is 0 Å². The molecular weight excluding hydrogens is 321 g/mol. The maximum absolute atomic E-state index is 12.8. The van der Waals surface area contributed by atoms with E-state index in [0.29, 0.717) is 5.75 Å². The van der Waals surface area contributed by atoms with E-state index >= 15 is 0 Å². The maximum atomic E-state index is 12.8. The second-order valence-electron chi connectivity index (χ2n) is 5.14. The predicted molar refractivity (Wildman–Crippen MR) is 80.2 cm³/mol. The van der Waals surface area contributed by atoms with Crippen LogP contribution in [0.5, 0.6) is 5.75 Å². The van der Waals surface area contributed by atoms with Gasteiger partial charge < -0.3 is 9.26 Å². The fraction of sp³-hybridized carbons (Fsp3) is 0.176. The molecule has 0 spiro atoms. The molecule has 3 aromatic rings. The molecule has 24 heavy (non-hydrogen) atoms. The summed E-state index contributed by atoms with van der Waals surface area (Å²) < 4.78 is 48.9. The van der Waals surface area contributed by atoms with E-state index in [-0.39, 0.29) is 23.9 Å². The van der Waals surface area contributed by atoms with E-state index in [1.165, 1.54) is 12.1 Å². The van der Waals surface area contributed by atoms with Gasteiger partial charge in [-0.05, 0) is 30.7 Å². The van der Waals surface area contributed by atoms with E-state index < -0.39 is 11.7 Å². The Bertz CT molecular complexity index is 844. The monoisotopic (exact) mass is 334 g/mol. The lowest BCUT2D eigenvalue weighted by molar-refractivity contribution is -0.137. The number of aromatic nitrogens is 2. The summed E-state index contributed by atoms with van der Waals surface area (Å²) in [5.41, 5.74) is 0.424. The summed E-state index contributed by atoms with van der Waals surface area (Å²) in [7, 11) is 0. The van der Waals surface area contributed by atoms with Crippen molar-refractivity contribution in [2.24, 2.45) is 0 Å². The molecule has 0 aliphatic carbocycles. The number of para-hydroxylation sites is 1. The molecule has 0 fully saturated rings. The SMILES string of the molecule is Cc1ccccc1OCc1nc(-c2cccc(C(F)(F)F)c2)no1. The minimum absolute atomic E-state index is 0.0385. The van der Waals surface area contributed by atoms with Crippen LogP contribution in [-0.4, -0.2) is 10.1 Å². The largest absolute Gasteiger partial charge is 0.483 e. The highest BCUT2D eigenvalue weighted by Gasteiger charge is 2.30. The fourth-order valence-electron chi connectivity index (χ4n) is 2.12. The number of halogens is 3. The molecule has 1 aromatic heterocycles. The first-order valence-electron chi connectivity index (χ1n) is 7.12. The summed E-state index contributed by atoms with van der Waals surface area (Å²) in [4.78, 5) is 4.08. The molecule has 0 amide bonds. The van der Waals surface area contributed by atoms with Crippen LogP contribution in [0.4, 0.5) is 13.2 Å². The van der Waals surface area contributed by atoms with E-state index in [0.717, 1.165) is 17.7 Å². The van der Waals surface area contributed by atoms with Crippen molar-refractivity contribution >= 4 is 0 Å². The molecule has 0 atom stereocenters. The molecule has 0 saturated carbocycles. The number of alkyl halides is 3. The number of hydrogen-bond acceptors (Lipinski definition) is 4. The third kappa shape index (κ3) is 3.56. The highest BCUT2D eigenvalue weighted by molar-refractivity contribution is 5.55. The van der Waals surface area contributed by atoms with Crippen molar-refractivity contribution in [3.05, 3.63) is 65.5 Å². The molecule has 7 heteroatoms. The van der Waals surface area contributed by atoms with Crippen molar-refractivity contribution in [2.45, 2.75) is 19.7 Å². The molecule has 3 rings (SSSR count). The van der Waals surface area contributed by atoms with Crippen molar-refractivity contribution in [1.29, 1.82) is 0 Å². The van der Waals surface area contributed by atoms with Crippen LogP contribution in [0, 0.1) is 6.92 Å². The summed E-state index contributed by atoms with van der Waals surface area (Å²) in [6.07, 6.45) is -4.42. The molecule has 0 saturated heterocycles. The lowest BCUT2D eigenvalue weighted by atomic mass is 10.1. The molecular formula is C17H13F3N2O2. The van der Waals surface area contributed by atoms with Crippen LogP contribution < -0.4 is 4.74 Å². The summed E-state index contributed by atoms with van der Waals surface area (Å²) in [6, 6.07) is 12.2. The summed E-state index contributed by atoms with van der Waals surface area (Å²) in [6.45, 7) is 1.94. The van der Waals surface area contributed by atoms with Gasteiger partial charge in [-0.1, -0.05) is 35.5 Å². The van der Waals surface area contributed by atoms with Crippen molar-refractivity contribution in [3.8, 4) is 17.1 Å². The van der Waals surface area contributed by atoms with Gasteiger partial charge in [-0.3, -0.25) is 0 Å². The van der Waals surface area contributed by atoms with Crippen LogP contribution in [0.25, 0.3) is 11.4 Å². The van der Waals surface area contributed by atoms with Crippen LogP contribution >= 0.6 is 0 Å². The Labute approximate surface area is 135 Å². The molecule has 2 aromatic carbocycles. The van der Waals surface area contributed by atoms with Gasteiger partial charge in [0.1, 0.15) is 5.75 Å². The van der Waals surface area contributed by atoms with Crippen LogP contribution in [0.1, 0.15) is 17.0 Å². The van der Waals surface area contributed by atoms with Gasteiger partial charge in [0.2, 0.25) is 5.82 Å². The molecule has 0 bridgehead atoms. The number of aryl methyl sites for hydroxylation is 1. The number of ether oxygens (including phenoxy) is 1. The summed E-state index contributed by atoms with van der Waals surface area (Å²) >= 11 is 0. The van der Waals surface area contributed by atoms with Crippen LogP contribution in [0.2, 0.25) is 0 Å². The van der Waals surface area contributed by atoms with Crippen molar-refractivity contribution in [2.75, 3.05) is 0 Å². The smallest absolute Gasteiger partial charge is 0.416 e. The van der Waals surface area contributed by atoms with E-state index in [4.69, 9.17) is 9.26 Å². The minimum Gasteiger partial charge on any atom is -0.483 e. The molecule has 4 nitrogen and oxygen atoms in total. The van der Waals surface area contributed by atoms with Gasteiger partial charge in [0, 0.05) is 5.56 Å². The Balaban J connectivity index is 1.75. The quantitative estimate of drug-likeness (QED) is 0.697. The normalized spacial score (nSPS) is 11.5. The highest BCUT2D eigenvalue weighted by Crippen LogP contribution is 2.31. The van der Waals surface area contributed by atoms with Gasteiger partial charge in [0.05, 0.1) is 5.56 Å². The first-order chi connectivity index (χ1) is 11.4. The fourth-order valence-corrected chi connectivity index (χ4v) is 2.12. The predicted octanol–water partition coefficient (Wildman–Crippen LogP) is 4.64. The average molecular weight is 334 g/mol. The summed E-state index contributed by atoms with van der Waals surface area (Å²) in [5.74, 6) is 0.950. The first kappa shape index (κ1) is 16.0. The van der Waals surface area contributed by atoms with Gasteiger partial charge in [-0.15, -0.1) is 0 Å². The lowest BCUT2D eigenvalue weighted by Gasteiger charge is -2.06. The molecule has 0 unspecified atom stereocenters. The third-order valence-electron chi connectivity index (χ3n) is 3.36. The molecule has 0 aliphatic heterocycles. The third-order valence-corrected chi connectivity index (χ3v) is 3.36. The van der Waals surface area contributed by atoms with Crippen LogP contribution in [0.15, 0.2) is 53.1 Å². The van der Waals surface area contributed by atoms with E-state index in [1.807, 2.05) is 25.1 Å². The molecule has 124 valence electrons. The summed E-state index contributed by atoms with van der Waals surface area (Å²) in [5, 5.41) is 3.71. The molecule has 0 radical (unpaired) electrons. The van der Waals surface area contributed by atoms with Gasteiger partial charge >= 0.3 is 6.18 Å². The van der Waals surface area contributed by atoms with Gasteiger partial charge in [0.25, 0.3) is 5.89 Å².